The van der Waals surface area contributed by atoms with E-state index >= 15 is 0 Å². The van der Waals surface area contributed by atoms with Crippen LogP contribution in [0.5, 0.6) is 46.0 Å². The molecule has 0 amide bonds. The van der Waals surface area contributed by atoms with Crippen LogP contribution in [-0.4, -0.2) is 55.5 Å². The van der Waals surface area contributed by atoms with E-state index in [2.05, 4.69) is 64.1 Å². The Morgan fingerprint density at radius 1 is 0.456 bits per heavy atom. The van der Waals surface area contributed by atoms with Gasteiger partial charge >= 0.3 is 124 Å². The van der Waals surface area contributed by atoms with E-state index in [1.807, 2.05) is 12.1 Å². The number of phenols is 2. The molecule has 2 aliphatic carbocycles. The van der Waals surface area contributed by atoms with Crippen molar-refractivity contribution in [2.45, 2.75) is 66.6 Å². The molecule has 0 fully saturated rings. The fraction of sp³-hybridized carbons (Fsp3) is 0.153. The van der Waals surface area contributed by atoms with E-state index in [0.29, 0.717) is 56.8 Å². The first-order chi connectivity index (χ1) is 36.4. The van der Waals surface area contributed by atoms with Gasteiger partial charge in [-0.15, -0.1) is 49.5 Å². The molecule has 0 bridgehead atoms. The summed E-state index contributed by atoms with van der Waals surface area (Å²) in [5.41, 5.74) is 6.49. The number of ketones is 2. The molecule has 1 spiro atoms. The molecule has 0 saturated heterocycles. The molecule has 392 valence electrons. The second kappa shape index (κ2) is 26.0. The SMILES string of the molecule is CC1(C)CC2(CC(C)(C)c3ccc(Oc4ccc(C(=O)c5ccc(Oc6[c-]cc(S(=O)(=O)c7c[c-]c(O)cc7)cc6)cc5)cc4)cc32)c2cc(Oc3ccc(C(=O)c4ccc(O)cc4)cc3)ccc21.O=S(=O)=O.O=S(=O)=O.[K+].[K+]. The van der Waals surface area contributed by atoms with E-state index in [9.17, 15) is 28.2 Å². The van der Waals surface area contributed by atoms with E-state index in [1.165, 1.54) is 70.8 Å². The standard InChI is InChI=1S/C59H46O9S.2K.2O3S/c1-57(2)35-59(53-33-47(25-31-51(53)57)67-44-19-9-38(10-20-44)55(62)37-5-13-41(60)14-6-37)36-58(3,4)52-32-26-48(34-54(52)59)68-45-21-11-40(12-22-45)56(63)39-7-17-43(18-8-39)66-46-23-29-50(30-24-46)69(64,65)49-27-15-42(61)16-28-49;;;2*1-4(2)3/h5-15,17-23,25-34,60-61H,35-36H2,1-4H3;;;;/q-2;2*+1;;. The molecule has 1 unspecified atom stereocenters. The van der Waals surface area contributed by atoms with Crippen molar-refractivity contribution in [1.29, 1.82) is 0 Å². The third-order valence-corrected chi connectivity index (χ3v) is 15.0. The molecule has 79 heavy (non-hydrogen) atoms. The minimum absolute atomic E-state index is 0. The van der Waals surface area contributed by atoms with Crippen LogP contribution < -0.4 is 117 Å². The first-order valence-corrected chi connectivity index (χ1v) is 27.0. The fourth-order valence-electron chi connectivity index (χ4n) is 10.1. The number of ether oxygens (including phenoxy) is 3. The Labute approximate surface area is 544 Å². The Morgan fingerprint density at radius 2 is 0.797 bits per heavy atom. The van der Waals surface area contributed by atoms with Crippen molar-refractivity contribution in [1.82, 2.24) is 0 Å². The second-order valence-electron chi connectivity index (χ2n) is 19.4. The number of sulfone groups is 1. The number of hydrogen-bond donors (Lipinski definition) is 2. The number of hydrogen-bond acceptors (Lipinski definition) is 15. The maximum absolute atomic E-state index is 13.6. The Balaban J connectivity index is 0.000000946. The summed E-state index contributed by atoms with van der Waals surface area (Å²) < 4.78 is 95.5. The van der Waals surface area contributed by atoms with Crippen LogP contribution in [0.3, 0.4) is 0 Å². The Morgan fingerprint density at radius 3 is 1.15 bits per heavy atom. The van der Waals surface area contributed by atoms with Gasteiger partial charge in [0.2, 0.25) is 0 Å². The zero-order valence-electron chi connectivity index (χ0n) is 43.5. The molecule has 0 heterocycles. The van der Waals surface area contributed by atoms with Crippen LogP contribution >= 0.6 is 0 Å². The summed E-state index contributed by atoms with van der Waals surface area (Å²) in [5, 5.41) is 19.1. The predicted octanol–water partition coefficient (Wildman–Crippen LogP) is 5.02. The van der Waals surface area contributed by atoms with Gasteiger partial charge in [0.1, 0.15) is 44.3 Å². The maximum Gasteiger partial charge on any atom is 1.00 e. The number of carbonyl (C=O) groups excluding carboxylic acids is 2. The van der Waals surface area contributed by atoms with E-state index in [4.69, 9.17) is 39.5 Å². The van der Waals surface area contributed by atoms with Crippen molar-refractivity contribution in [3.05, 3.63) is 226 Å². The third-order valence-electron chi connectivity index (χ3n) is 13.3. The topological polar surface area (TPSA) is 239 Å². The number of carbonyl (C=O) groups is 2. The van der Waals surface area contributed by atoms with Crippen LogP contribution in [0.15, 0.2) is 180 Å². The minimum Gasteiger partial charge on any atom is -0.534 e. The van der Waals surface area contributed by atoms with Gasteiger partial charge in [-0.2, -0.15) is 24.3 Å². The summed E-state index contributed by atoms with van der Waals surface area (Å²) in [6.07, 6.45) is 1.83. The van der Waals surface area contributed by atoms with Gasteiger partial charge in [-0.1, -0.05) is 39.8 Å². The number of phenolic OH excluding ortho intramolecular Hbond substituents is 2. The van der Waals surface area contributed by atoms with Gasteiger partial charge in [0.25, 0.3) is 0 Å². The van der Waals surface area contributed by atoms with E-state index in [-0.39, 0.29) is 152 Å². The number of fused-ring (bicyclic) bond motifs is 4. The minimum atomic E-state index is -3.83. The van der Waals surface area contributed by atoms with Gasteiger partial charge in [-0.25, -0.2) is 8.42 Å². The molecular weight excluding hydrogens is 1120 g/mol. The van der Waals surface area contributed by atoms with Gasteiger partial charge in [-0.3, -0.25) is 9.59 Å². The van der Waals surface area contributed by atoms with Crippen molar-refractivity contribution >= 4 is 42.6 Å². The van der Waals surface area contributed by atoms with E-state index < -0.39 is 31.1 Å². The molecule has 2 aliphatic rings. The van der Waals surface area contributed by atoms with Crippen molar-refractivity contribution in [2.75, 3.05) is 0 Å². The molecule has 1 atom stereocenters. The third kappa shape index (κ3) is 14.7. The summed E-state index contributed by atoms with van der Waals surface area (Å²) in [4.78, 5) is 26.6. The first-order valence-electron chi connectivity index (χ1n) is 23.5. The molecule has 15 nitrogen and oxygen atoms in total. The van der Waals surface area contributed by atoms with Gasteiger partial charge in [0.05, 0.1) is 0 Å². The van der Waals surface area contributed by atoms with Crippen molar-refractivity contribution in [3.8, 4) is 46.0 Å². The quantitative estimate of drug-likeness (QED) is 0.0928. The molecule has 20 heteroatoms. The molecule has 0 aliphatic heterocycles. The molecule has 8 aromatic rings. The summed E-state index contributed by atoms with van der Waals surface area (Å²) in [6.45, 7) is 9.22. The zero-order valence-corrected chi connectivity index (χ0v) is 52.2. The van der Waals surface area contributed by atoms with Crippen LogP contribution in [0, 0.1) is 12.1 Å². The van der Waals surface area contributed by atoms with Crippen molar-refractivity contribution in [3.63, 3.8) is 0 Å². The van der Waals surface area contributed by atoms with Gasteiger partial charge in [0, 0.05) is 39.2 Å². The summed E-state index contributed by atoms with van der Waals surface area (Å²) in [5.74, 6) is 3.00. The van der Waals surface area contributed by atoms with Crippen LogP contribution in [0.25, 0.3) is 0 Å². The van der Waals surface area contributed by atoms with Gasteiger partial charge in [0.15, 0.2) is 11.6 Å². The largest absolute Gasteiger partial charge is 1.00 e. The molecule has 0 aromatic heterocycles. The Hall–Kier alpha value is -5.44. The average molecular weight is 1170 g/mol. The molecule has 2 N–H and O–H groups in total. The van der Waals surface area contributed by atoms with Gasteiger partial charge < -0.3 is 24.4 Å². The van der Waals surface area contributed by atoms with Crippen LogP contribution in [0.1, 0.15) is 94.6 Å². The number of benzene rings is 8. The monoisotopic (exact) mass is 1170 g/mol. The van der Waals surface area contributed by atoms with E-state index in [1.54, 1.807) is 84.9 Å². The molecule has 10 rings (SSSR count). The zero-order chi connectivity index (χ0) is 55.5. The summed E-state index contributed by atoms with van der Waals surface area (Å²) in [6, 6.07) is 53.2. The van der Waals surface area contributed by atoms with Crippen LogP contribution in [0.4, 0.5) is 0 Å². The molecule has 8 aromatic carbocycles. The maximum atomic E-state index is 13.6. The average Bonchev–Trinajstić information content (AvgIpc) is 3.85. The molecular formula is C59H46K2O15S3. The van der Waals surface area contributed by atoms with Crippen molar-refractivity contribution < 1.29 is 170 Å². The number of aromatic hydroxyl groups is 2. The summed E-state index contributed by atoms with van der Waals surface area (Å²) in [7, 11) is -10.1. The van der Waals surface area contributed by atoms with Crippen molar-refractivity contribution in [2.24, 2.45) is 0 Å². The Kier molecular flexibility index (Phi) is 20.7. The first kappa shape index (κ1) is 62.8. The van der Waals surface area contributed by atoms with Gasteiger partial charge in [-0.05, 0) is 177 Å². The number of rotatable bonds is 12. The Bertz CT molecular complexity index is 3850. The smallest absolute Gasteiger partial charge is 0.534 e. The predicted molar refractivity (Wildman–Crippen MR) is 281 cm³/mol. The van der Waals surface area contributed by atoms with Crippen LogP contribution in [0.2, 0.25) is 0 Å². The second-order valence-corrected chi connectivity index (χ2v) is 22.2. The fourth-order valence-corrected chi connectivity index (χ4v) is 11.3. The van der Waals surface area contributed by atoms with E-state index in [0.717, 1.165) is 12.8 Å². The van der Waals surface area contributed by atoms with Crippen LogP contribution in [-0.2, 0) is 47.3 Å². The molecule has 0 saturated carbocycles. The summed E-state index contributed by atoms with van der Waals surface area (Å²) >= 11 is 0. The normalized spacial score (nSPS) is 14.9. The molecule has 0 radical (unpaired) electrons.